The maximum Gasteiger partial charge on any atom is -0.00602 e. The van der Waals surface area contributed by atoms with Gasteiger partial charge in [-0.15, -0.1) is 0 Å². The third-order valence-corrected chi connectivity index (χ3v) is 4.14. The standard InChI is InChI=1S/C18H16/c1-11-7-13-3-5-15-9-12(2)10-16-6-4-14(8-11)17(13)18(15)16/h3-7,9H,8,10H2,1-2H3. The minimum Gasteiger partial charge on any atom is -0.0683 e. The van der Waals surface area contributed by atoms with Crippen LogP contribution in [0.25, 0.3) is 22.9 Å². The second-order valence-corrected chi connectivity index (χ2v) is 5.71. The SMILES string of the molecule is CC1=Cc2ccc3c4c(ccc(c24)C1)CC(C)=C3. The smallest absolute Gasteiger partial charge is 0.00602 e. The first kappa shape index (κ1) is 10.1. The predicted octanol–water partition coefficient (Wildman–Crippen LogP) is 4.76. The average Bonchev–Trinajstić information content (AvgIpc) is 2.34. The van der Waals surface area contributed by atoms with Crippen LogP contribution in [0.4, 0.5) is 0 Å². The van der Waals surface area contributed by atoms with Gasteiger partial charge in [-0.05, 0) is 59.7 Å². The topological polar surface area (TPSA) is 0 Å². The molecule has 2 aromatic carbocycles. The Hall–Kier alpha value is -1.82. The molecule has 0 saturated heterocycles. The van der Waals surface area contributed by atoms with Crippen LogP contribution in [-0.4, -0.2) is 0 Å². The molecule has 0 heterocycles. The summed E-state index contributed by atoms with van der Waals surface area (Å²) >= 11 is 0. The summed E-state index contributed by atoms with van der Waals surface area (Å²) in [5, 5.41) is 3.00. The zero-order chi connectivity index (χ0) is 12.3. The molecule has 2 aliphatic rings. The van der Waals surface area contributed by atoms with Crippen molar-refractivity contribution in [2.45, 2.75) is 26.7 Å². The lowest BCUT2D eigenvalue weighted by Crippen LogP contribution is -2.03. The molecule has 0 N–H and O–H groups in total. The molecule has 0 radical (unpaired) electrons. The van der Waals surface area contributed by atoms with Crippen LogP contribution in [0.3, 0.4) is 0 Å². The van der Waals surface area contributed by atoms with Gasteiger partial charge in [0.2, 0.25) is 0 Å². The molecule has 2 aliphatic carbocycles. The maximum absolute atomic E-state index is 2.35. The van der Waals surface area contributed by atoms with E-state index < -0.39 is 0 Å². The molecular formula is C18H16. The fourth-order valence-corrected chi connectivity index (χ4v) is 3.46. The lowest BCUT2D eigenvalue weighted by atomic mass is 9.82. The first-order chi connectivity index (χ1) is 8.72. The van der Waals surface area contributed by atoms with E-state index in [9.17, 15) is 0 Å². The van der Waals surface area contributed by atoms with E-state index in [1.165, 1.54) is 44.2 Å². The molecule has 2 aromatic rings. The van der Waals surface area contributed by atoms with Crippen molar-refractivity contribution in [2.24, 2.45) is 0 Å². The van der Waals surface area contributed by atoms with Crippen LogP contribution in [0.2, 0.25) is 0 Å². The van der Waals surface area contributed by atoms with Gasteiger partial charge in [0.25, 0.3) is 0 Å². The second kappa shape index (κ2) is 3.35. The van der Waals surface area contributed by atoms with Crippen molar-refractivity contribution >= 4 is 22.9 Å². The Kier molecular flexibility index (Phi) is 1.89. The van der Waals surface area contributed by atoms with Gasteiger partial charge in [-0.2, -0.15) is 0 Å². The molecule has 0 aromatic heterocycles. The summed E-state index contributed by atoms with van der Waals surface area (Å²) in [6.07, 6.45) is 6.91. The fourth-order valence-electron chi connectivity index (χ4n) is 3.46. The summed E-state index contributed by atoms with van der Waals surface area (Å²) in [5.74, 6) is 0. The number of hydrogen-bond donors (Lipinski definition) is 0. The van der Waals surface area contributed by atoms with Crippen molar-refractivity contribution < 1.29 is 0 Å². The van der Waals surface area contributed by atoms with Crippen LogP contribution >= 0.6 is 0 Å². The second-order valence-electron chi connectivity index (χ2n) is 5.71. The fraction of sp³-hybridized carbons (Fsp3) is 0.222. The highest BCUT2D eigenvalue weighted by atomic mass is 14.2. The minimum atomic E-state index is 1.11. The van der Waals surface area contributed by atoms with E-state index in [0.29, 0.717) is 0 Å². The molecule has 0 heteroatoms. The van der Waals surface area contributed by atoms with Gasteiger partial charge < -0.3 is 0 Å². The van der Waals surface area contributed by atoms with E-state index in [1.54, 1.807) is 0 Å². The lowest BCUT2D eigenvalue weighted by molar-refractivity contribution is 1.13. The monoisotopic (exact) mass is 232 g/mol. The van der Waals surface area contributed by atoms with Crippen molar-refractivity contribution in [2.75, 3.05) is 0 Å². The lowest BCUT2D eigenvalue weighted by Gasteiger charge is -2.22. The predicted molar refractivity (Wildman–Crippen MR) is 78.7 cm³/mol. The maximum atomic E-state index is 2.35. The number of allylic oxidation sites excluding steroid dienone is 2. The first-order valence-electron chi connectivity index (χ1n) is 6.64. The van der Waals surface area contributed by atoms with Gasteiger partial charge in [0.1, 0.15) is 0 Å². The molecular weight excluding hydrogens is 216 g/mol. The molecule has 0 unspecified atom stereocenters. The van der Waals surface area contributed by atoms with Crippen LogP contribution < -0.4 is 0 Å². The summed E-state index contributed by atoms with van der Waals surface area (Å²) in [7, 11) is 0. The summed E-state index contributed by atoms with van der Waals surface area (Å²) in [6, 6.07) is 9.23. The van der Waals surface area contributed by atoms with Crippen LogP contribution in [0.1, 0.15) is 36.1 Å². The highest BCUT2D eigenvalue weighted by Crippen LogP contribution is 2.38. The summed E-state index contributed by atoms with van der Waals surface area (Å²) < 4.78 is 0. The number of hydrogen-bond acceptors (Lipinski definition) is 0. The van der Waals surface area contributed by atoms with Gasteiger partial charge in [0.15, 0.2) is 0 Å². The highest BCUT2D eigenvalue weighted by Gasteiger charge is 2.18. The van der Waals surface area contributed by atoms with Gasteiger partial charge in [0.05, 0.1) is 0 Å². The third kappa shape index (κ3) is 1.26. The molecule has 0 nitrogen and oxygen atoms in total. The van der Waals surface area contributed by atoms with Gasteiger partial charge in [-0.1, -0.05) is 47.6 Å². The first-order valence-corrected chi connectivity index (χ1v) is 6.64. The van der Waals surface area contributed by atoms with E-state index in [1.807, 2.05) is 0 Å². The Morgan fingerprint density at radius 1 is 0.667 bits per heavy atom. The third-order valence-electron chi connectivity index (χ3n) is 4.14. The van der Waals surface area contributed by atoms with Gasteiger partial charge in [-0.25, -0.2) is 0 Å². The van der Waals surface area contributed by atoms with Crippen LogP contribution in [0.15, 0.2) is 35.4 Å². The molecule has 0 amide bonds. The molecule has 0 spiro atoms. The average molecular weight is 232 g/mol. The van der Waals surface area contributed by atoms with E-state index in [2.05, 4.69) is 50.3 Å². The molecule has 4 rings (SSSR count). The zero-order valence-electron chi connectivity index (χ0n) is 10.9. The Morgan fingerprint density at radius 3 is 1.56 bits per heavy atom. The van der Waals surface area contributed by atoms with Crippen LogP contribution in [-0.2, 0) is 12.8 Å². The summed E-state index contributed by atoms with van der Waals surface area (Å²) in [5.41, 5.74) is 8.74. The minimum absolute atomic E-state index is 1.11. The van der Waals surface area contributed by atoms with Crippen LogP contribution in [0.5, 0.6) is 0 Å². The zero-order valence-corrected chi connectivity index (χ0v) is 10.9. The van der Waals surface area contributed by atoms with Crippen LogP contribution in [0, 0.1) is 0 Å². The van der Waals surface area contributed by atoms with Crippen molar-refractivity contribution in [3.8, 4) is 0 Å². The molecule has 18 heavy (non-hydrogen) atoms. The summed E-state index contributed by atoms with van der Waals surface area (Å²) in [4.78, 5) is 0. The molecule has 0 atom stereocenters. The quantitative estimate of drug-likeness (QED) is 0.614. The number of benzene rings is 2. The van der Waals surface area contributed by atoms with Crippen molar-refractivity contribution in [3.05, 3.63) is 57.7 Å². The van der Waals surface area contributed by atoms with E-state index >= 15 is 0 Å². The van der Waals surface area contributed by atoms with Gasteiger partial charge >= 0.3 is 0 Å². The van der Waals surface area contributed by atoms with Gasteiger partial charge in [0, 0.05) is 0 Å². The Bertz CT molecular complexity index is 678. The molecule has 0 bridgehead atoms. The van der Waals surface area contributed by atoms with E-state index in [4.69, 9.17) is 0 Å². The van der Waals surface area contributed by atoms with Gasteiger partial charge in [-0.3, -0.25) is 0 Å². The Labute approximate surface area is 108 Å². The Balaban J connectivity index is 2.20. The van der Waals surface area contributed by atoms with Crippen molar-refractivity contribution in [1.82, 2.24) is 0 Å². The molecule has 0 fully saturated rings. The highest BCUT2D eigenvalue weighted by molar-refractivity contribution is 6.03. The molecule has 0 aliphatic heterocycles. The van der Waals surface area contributed by atoms with E-state index in [-0.39, 0.29) is 0 Å². The normalized spacial score (nSPS) is 16.6. The molecule has 0 saturated carbocycles. The number of rotatable bonds is 0. The summed E-state index contributed by atoms with van der Waals surface area (Å²) in [6.45, 7) is 4.46. The van der Waals surface area contributed by atoms with E-state index in [0.717, 1.165) is 12.8 Å². The molecule has 88 valence electrons. The van der Waals surface area contributed by atoms with Crippen molar-refractivity contribution in [3.63, 3.8) is 0 Å². The Morgan fingerprint density at radius 2 is 1.11 bits per heavy atom. The van der Waals surface area contributed by atoms with Crippen molar-refractivity contribution in [1.29, 1.82) is 0 Å². The largest absolute Gasteiger partial charge is 0.0683 e.